The standard InChI is InChI=1S/C12H15N5O/c1-17-11(10(13)8-15-17)16-12(18)14-7-9-5-3-2-4-6-9/h2-6,8H,7,13H2,1H3,(H2,14,16,18). The Labute approximate surface area is 105 Å². The summed E-state index contributed by atoms with van der Waals surface area (Å²) in [4.78, 5) is 11.7. The molecule has 0 aliphatic rings. The molecule has 18 heavy (non-hydrogen) atoms. The number of urea groups is 1. The first kappa shape index (κ1) is 12.0. The second kappa shape index (κ2) is 5.22. The Kier molecular flexibility index (Phi) is 3.47. The summed E-state index contributed by atoms with van der Waals surface area (Å²) < 4.78 is 1.51. The molecule has 1 aromatic carbocycles. The average Bonchev–Trinajstić information content (AvgIpc) is 2.69. The van der Waals surface area contributed by atoms with Gasteiger partial charge in [0.05, 0.1) is 11.9 Å². The van der Waals surface area contributed by atoms with Crippen molar-refractivity contribution in [2.24, 2.45) is 7.05 Å². The molecule has 6 heteroatoms. The Balaban J connectivity index is 1.90. The highest BCUT2D eigenvalue weighted by atomic mass is 16.2. The second-order valence-corrected chi connectivity index (χ2v) is 3.87. The monoisotopic (exact) mass is 245 g/mol. The minimum absolute atomic E-state index is 0.311. The van der Waals surface area contributed by atoms with Crippen LogP contribution in [0.15, 0.2) is 36.5 Å². The number of hydrogen-bond acceptors (Lipinski definition) is 3. The number of carbonyl (C=O) groups excluding carboxylic acids is 1. The van der Waals surface area contributed by atoms with Crippen molar-refractivity contribution in [3.8, 4) is 0 Å². The number of benzene rings is 1. The van der Waals surface area contributed by atoms with Crippen molar-refractivity contribution in [1.82, 2.24) is 15.1 Å². The number of aromatic nitrogens is 2. The number of amides is 2. The molecule has 0 aliphatic carbocycles. The van der Waals surface area contributed by atoms with E-state index in [2.05, 4.69) is 15.7 Å². The Bertz CT molecular complexity index is 515. The van der Waals surface area contributed by atoms with Crippen LogP contribution in [0, 0.1) is 0 Å². The normalized spacial score (nSPS) is 10.1. The Morgan fingerprint density at radius 2 is 2.11 bits per heavy atom. The van der Waals surface area contributed by atoms with Gasteiger partial charge < -0.3 is 11.1 Å². The molecule has 0 saturated carbocycles. The van der Waals surface area contributed by atoms with Crippen molar-refractivity contribution in [3.63, 3.8) is 0 Å². The van der Waals surface area contributed by atoms with E-state index in [0.29, 0.717) is 18.1 Å². The first-order valence-electron chi connectivity index (χ1n) is 5.53. The number of nitrogens with zero attached hydrogens (tertiary/aromatic N) is 2. The molecule has 0 fully saturated rings. The molecule has 0 atom stereocenters. The maximum absolute atomic E-state index is 11.7. The van der Waals surface area contributed by atoms with E-state index in [0.717, 1.165) is 5.56 Å². The Hall–Kier alpha value is -2.50. The molecule has 0 saturated heterocycles. The molecule has 2 rings (SSSR count). The maximum Gasteiger partial charge on any atom is 0.320 e. The zero-order valence-electron chi connectivity index (χ0n) is 10.1. The molecule has 94 valence electrons. The zero-order valence-corrected chi connectivity index (χ0v) is 10.1. The molecule has 4 N–H and O–H groups in total. The van der Waals surface area contributed by atoms with Crippen LogP contribution in [0.2, 0.25) is 0 Å². The van der Waals surface area contributed by atoms with Crippen LogP contribution >= 0.6 is 0 Å². The van der Waals surface area contributed by atoms with Gasteiger partial charge >= 0.3 is 6.03 Å². The van der Waals surface area contributed by atoms with E-state index >= 15 is 0 Å². The zero-order chi connectivity index (χ0) is 13.0. The van der Waals surface area contributed by atoms with Crippen LogP contribution in [0.5, 0.6) is 0 Å². The summed E-state index contributed by atoms with van der Waals surface area (Å²) in [5.74, 6) is 0.487. The molecule has 0 aliphatic heterocycles. The van der Waals surface area contributed by atoms with Crippen LogP contribution in [0.4, 0.5) is 16.3 Å². The van der Waals surface area contributed by atoms with E-state index in [1.165, 1.54) is 10.9 Å². The number of rotatable bonds is 3. The van der Waals surface area contributed by atoms with Gasteiger partial charge in [0.1, 0.15) is 0 Å². The molecule has 0 spiro atoms. The summed E-state index contributed by atoms with van der Waals surface area (Å²) in [5, 5.41) is 9.34. The summed E-state index contributed by atoms with van der Waals surface area (Å²) in [6.45, 7) is 0.463. The molecule has 1 heterocycles. The third-order valence-electron chi connectivity index (χ3n) is 2.49. The lowest BCUT2D eigenvalue weighted by atomic mass is 10.2. The van der Waals surface area contributed by atoms with Gasteiger partial charge in [0, 0.05) is 13.6 Å². The number of hydrogen-bond donors (Lipinski definition) is 3. The fourth-order valence-electron chi connectivity index (χ4n) is 1.54. The molecule has 2 amide bonds. The molecule has 1 aromatic heterocycles. The number of anilines is 2. The molecule has 0 radical (unpaired) electrons. The molecule has 6 nitrogen and oxygen atoms in total. The van der Waals surface area contributed by atoms with Gasteiger partial charge in [-0.2, -0.15) is 5.10 Å². The number of nitrogen functional groups attached to an aromatic ring is 1. The molecular formula is C12H15N5O. The number of nitrogens with two attached hydrogens (primary N) is 1. The van der Waals surface area contributed by atoms with Crippen molar-refractivity contribution >= 4 is 17.5 Å². The first-order valence-corrected chi connectivity index (χ1v) is 5.53. The van der Waals surface area contributed by atoms with Gasteiger partial charge in [-0.15, -0.1) is 0 Å². The lowest BCUT2D eigenvalue weighted by Gasteiger charge is -2.08. The van der Waals surface area contributed by atoms with Gasteiger partial charge in [-0.05, 0) is 5.56 Å². The van der Waals surface area contributed by atoms with Gasteiger partial charge in [-0.3, -0.25) is 10.00 Å². The molecule has 0 unspecified atom stereocenters. The fourth-order valence-corrected chi connectivity index (χ4v) is 1.54. The van der Waals surface area contributed by atoms with Crippen molar-refractivity contribution in [2.45, 2.75) is 6.54 Å². The highest BCUT2D eigenvalue weighted by molar-refractivity contribution is 5.91. The van der Waals surface area contributed by atoms with E-state index < -0.39 is 0 Å². The molecule has 2 aromatic rings. The fraction of sp³-hybridized carbons (Fsp3) is 0.167. The van der Waals surface area contributed by atoms with Crippen molar-refractivity contribution in [3.05, 3.63) is 42.1 Å². The Morgan fingerprint density at radius 1 is 1.39 bits per heavy atom. The van der Waals surface area contributed by atoms with Crippen LogP contribution in [0.1, 0.15) is 5.56 Å². The summed E-state index contributed by atoms with van der Waals surface area (Å²) >= 11 is 0. The molecule has 0 bridgehead atoms. The topological polar surface area (TPSA) is 85.0 Å². The third-order valence-corrected chi connectivity index (χ3v) is 2.49. The summed E-state index contributed by atoms with van der Waals surface area (Å²) in [6.07, 6.45) is 1.49. The van der Waals surface area contributed by atoms with E-state index in [1.54, 1.807) is 7.05 Å². The molecular weight excluding hydrogens is 230 g/mol. The SMILES string of the molecule is Cn1ncc(N)c1NC(=O)NCc1ccccc1. The highest BCUT2D eigenvalue weighted by Crippen LogP contribution is 2.15. The number of aryl methyl sites for hydroxylation is 1. The minimum atomic E-state index is -0.311. The van der Waals surface area contributed by atoms with Crippen LogP contribution in [-0.4, -0.2) is 15.8 Å². The van der Waals surface area contributed by atoms with Gasteiger partial charge in [0.2, 0.25) is 0 Å². The van der Waals surface area contributed by atoms with Gasteiger partial charge in [-0.25, -0.2) is 4.79 Å². The lowest BCUT2D eigenvalue weighted by molar-refractivity contribution is 0.251. The third kappa shape index (κ3) is 2.79. The predicted octanol–water partition coefficient (Wildman–Crippen LogP) is 1.32. The van der Waals surface area contributed by atoms with E-state index in [-0.39, 0.29) is 6.03 Å². The lowest BCUT2D eigenvalue weighted by Crippen LogP contribution is -2.29. The van der Waals surface area contributed by atoms with Crippen LogP contribution in [0.3, 0.4) is 0 Å². The van der Waals surface area contributed by atoms with Gasteiger partial charge in [0.25, 0.3) is 0 Å². The van der Waals surface area contributed by atoms with E-state index in [4.69, 9.17) is 5.73 Å². The van der Waals surface area contributed by atoms with Crippen LogP contribution < -0.4 is 16.4 Å². The van der Waals surface area contributed by atoms with E-state index in [1.807, 2.05) is 30.3 Å². The number of carbonyl (C=O) groups is 1. The van der Waals surface area contributed by atoms with Crippen LogP contribution in [0.25, 0.3) is 0 Å². The smallest absolute Gasteiger partial charge is 0.320 e. The van der Waals surface area contributed by atoms with Crippen molar-refractivity contribution in [1.29, 1.82) is 0 Å². The first-order chi connectivity index (χ1) is 8.66. The quantitative estimate of drug-likeness (QED) is 0.762. The average molecular weight is 245 g/mol. The van der Waals surface area contributed by atoms with Crippen LogP contribution in [-0.2, 0) is 13.6 Å². The summed E-state index contributed by atoms with van der Waals surface area (Å²) in [6, 6.07) is 9.36. The predicted molar refractivity (Wildman–Crippen MR) is 69.9 cm³/mol. The summed E-state index contributed by atoms with van der Waals surface area (Å²) in [5.41, 5.74) is 7.14. The Morgan fingerprint density at radius 3 is 2.72 bits per heavy atom. The van der Waals surface area contributed by atoms with Crippen molar-refractivity contribution in [2.75, 3.05) is 11.1 Å². The van der Waals surface area contributed by atoms with Crippen molar-refractivity contribution < 1.29 is 4.79 Å². The summed E-state index contributed by atoms with van der Waals surface area (Å²) in [7, 11) is 1.71. The van der Waals surface area contributed by atoms with Gasteiger partial charge in [0.15, 0.2) is 5.82 Å². The largest absolute Gasteiger partial charge is 0.394 e. The number of nitrogens with one attached hydrogen (secondary N) is 2. The second-order valence-electron chi connectivity index (χ2n) is 3.87. The highest BCUT2D eigenvalue weighted by Gasteiger charge is 2.08. The van der Waals surface area contributed by atoms with Gasteiger partial charge in [-0.1, -0.05) is 30.3 Å². The minimum Gasteiger partial charge on any atom is -0.394 e. The van der Waals surface area contributed by atoms with E-state index in [9.17, 15) is 4.79 Å². The maximum atomic E-state index is 11.7.